The van der Waals surface area contributed by atoms with E-state index in [0.29, 0.717) is 0 Å². The molecule has 0 amide bonds. The van der Waals surface area contributed by atoms with Crippen molar-refractivity contribution in [3.63, 3.8) is 0 Å². The fraction of sp³-hybridized carbons (Fsp3) is 0.467. The third-order valence-electron chi connectivity index (χ3n) is 3.93. The number of hydrogen-bond acceptors (Lipinski definition) is 2. The molecule has 1 aromatic carbocycles. The van der Waals surface area contributed by atoms with Crippen molar-refractivity contribution >= 4 is 10.9 Å². The first-order valence-corrected chi connectivity index (χ1v) is 6.79. The van der Waals surface area contributed by atoms with E-state index in [-0.39, 0.29) is 0 Å². The summed E-state index contributed by atoms with van der Waals surface area (Å²) < 4.78 is 0. The molecular formula is C15H21N3. The molecule has 2 aromatic rings. The normalized spacial score (nSPS) is 20.8. The lowest BCUT2D eigenvalue weighted by Gasteiger charge is -2.15. The molecule has 1 unspecified atom stereocenters. The van der Waals surface area contributed by atoms with E-state index in [4.69, 9.17) is 0 Å². The predicted octanol–water partition coefficient (Wildman–Crippen LogP) is 2.21. The van der Waals surface area contributed by atoms with Gasteiger partial charge in [0.15, 0.2) is 0 Å². The van der Waals surface area contributed by atoms with Crippen LogP contribution < -0.4 is 5.32 Å². The fourth-order valence-corrected chi connectivity index (χ4v) is 3.02. The van der Waals surface area contributed by atoms with E-state index in [9.17, 15) is 0 Å². The minimum atomic E-state index is 0.820. The van der Waals surface area contributed by atoms with Gasteiger partial charge in [0.25, 0.3) is 0 Å². The topological polar surface area (TPSA) is 31.1 Å². The van der Waals surface area contributed by atoms with E-state index in [1.165, 1.54) is 36.0 Å². The summed E-state index contributed by atoms with van der Waals surface area (Å²) in [5, 5.41) is 4.66. The Morgan fingerprint density at radius 2 is 2.28 bits per heavy atom. The molecule has 96 valence electrons. The van der Waals surface area contributed by atoms with E-state index in [1.54, 1.807) is 0 Å². The van der Waals surface area contributed by atoms with Crippen molar-refractivity contribution in [2.75, 3.05) is 26.7 Å². The minimum absolute atomic E-state index is 0.820. The van der Waals surface area contributed by atoms with Crippen LogP contribution in [0.4, 0.5) is 0 Å². The number of nitrogens with zero attached hydrogens (tertiary/aromatic N) is 1. The molecule has 0 aliphatic carbocycles. The predicted molar refractivity (Wildman–Crippen MR) is 75.6 cm³/mol. The van der Waals surface area contributed by atoms with Gasteiger partial charge in [0, 0.05) is 30.2 Å². The van der Waals surface area contributed by atoms with E-state index < -0.39 is 0 Å². The van der Waals surface area contributed by atoms with Gasteiger partial charge in [-0.1, -0.05) is 18.2 Å². The first-order chi connectivity index (χ1) is 8.86. The lowest BCUT2D eigenvalue weighted by Crippen LogP contribution is -2.24. The quantitative estimate of drug-likeness (QED) is 0.862. The second-order valence-electron chi connectivity index (χ2n) is 5.31. The van der Waals surface area contributed by atoms with Gasteiger partial charge >= 0.3 is 0 Å². The zero-order valence-electron chi connectivity index (χ0n) is 10.9. The second-order valence-corrected chi connectivity index (χ2v) is 5.31. The van der Waals surface area contributed by atoms with Crippen LogP contribution in [0, 0.1) is 5.92 Å². The van der Waals surface area contributed by atoms with E-state index in [1.807, 2.05) is 7.05 Å². The third kappa shape index (κ3) is 2.28. The number of para-hydroxylation sites is 1. The Balaban J connectivity index is 1.70. The Morgan fingerprint density at radius 1 is 1.39 bits per heavy atom. The van der Waals surface area contributed by atoms with Crippen molar-refractivity contribution in [1.82, 2.24) is 15.2 Å². The minimum Gasteiger partial charge on any atom is -0.361 e. The number of likely N-dealkylation sites (tertiary alicyclic amines) is 1. The molecule has 2 heterocycles. The molecule has 3 rings (SSSR count). The Morgan fingerprint density at radius 3 is 3.17 bits per heavy atom. The molecule has 2 N–H and O–H groups in total. The van der Waals surface area contributed by atoms with E-state index in [2.05, 4.69) is 45.7 Å². The summed E-state index contributed by atoms with van der Waals surface area (Å²) in [5.74, 6) is 0.820. The average molecular weight is 243 g/mol. The highest BCUT2D eigenvalue weighted by Gasteiger charge is 2.22. The summed E-state index contributed by atoms with van der Waals surface area (Å²) in [6.45, 7) is 4.67. The van der Waals surface area contributed by atoms with Crippen LogP contribution in [0.1, 0.15) is 12.0 Å². The van der Waals surface area contributed by atoms with Crippen molar-refractivity contribution in [3.05, 3.63) is 36.0 Å². The first-order valence-electron chi connectivity index (χ1n) is 6.79. The van der Waals surface area contributed by atoms with Gasteiger partial charge in [-0.25, -0.2) is 0 Å². The summed E-state index contributed by atoms with van der Waals surface area (Å²) in [7, 11) is 2.04. The van der Waals surface area contributed by atoms with Crippen LogP contribution in [-0.2, 0) is 6.54 Å². The zero-order valence-corrected chi connectivity index (χ0v) is 10.9. The molecule has 18 heavy (non-hydrogen) atoms. The Bertz CT molecular complexity index is 517. The van der Waals surface area contributed by atoms with Crippen molar-refractivity contribution in [2.45, 2.75) is 13.0 Å². The number of nitrogens with one attached hydrogen (secondary N) is 2. The van der Waals surface area contributed by atoms with Gasteiger partial charge in [0.1, 0.15) is 0 Å². The highest BCUT2D eigenvalue weighted by Crippen LogP contribution is 2.23. The number of benzene rings is 1. The molecule has 0 saturated carbocycles. The largest absolute Gasteiger partial charge is 0.361 e. The van der Waals surface area contributed by atoms with Gasteiger partial charge in [0.2, 0.25) is 0 Å². The standard InChI is InChI=1S/C15H21N3/c1-16-8-12-6-7-18(10-12)11-13-9-17-15-5-3-2-4-14(13)15/h2-5,9,12,16-17H,6-8,10-11H2,1H3. The summed E-state index contributed by atoms with van der Waals surface area (Å²) in [4.78, 5) is 5.93. The van der Waals surface area contributed by atoms with Gasteiger partial charge in [-0.15, -0.1) is 0 Å². The van der Waals surface area contributed by atoms with Crippen LogP contribution in [0.2, 0.25) is 0 Å². The highest BCUT2D eigenvalue weighted by molar-refractivity contribution is 5.82. The molecule has 0 spiro atoms. The molecule has 1 aliphatic heterocycles. The smallest absolute Gasteiger partial charge is 0.0457 e. The van der Waals surface area contributed by atoms with Crippen molar-refractivity contribution in [3.8, 4) is 0 Å². The maximum atomic E-state index is 3.36. The Hall–Kier alpha value is -1.32. The molecule has 3 heteroatoms. The summed E-state index contributed by atoms with van der Waals surface area (Å²) in [6, 6.07) is 8.56. The molecule has 0 bridgehead atoms. The maximum absolute atomic E-state index is 3.36. The van der Waals surface area contributed by atoms with Crippen LogP contribution in [0.15, 0.2) is 30.5 Å². The molecule has 1 aromatic heterocycles. The Kier molecular flexibility index (Phi) is 3.35. The van der Waals surface area contributed by atoms with Crippen LogP contribution in [0.25, 0.3) is 10.9 Å². The number of hydrogen-bond donors (Lipinski definition) is 2. The maximum Gasteiger partial charge on any atom is 0.0457 e. The second kappa shape index (κ2) is 5.12. The molecule has 0 radical (unpaired) electrons. The van der Waals surface area contributed by atoms with Gasteiger partial charge in [-0.05, 0) is 44.1 Å². The molecule has 1 aliphatic rings. The number of aromatic amines is 1. The monoisotopic (exact) mass is 243 g/mol. The first kappa shape index (κ1) is 11.8. The molecule has 1 fully saturated rings. The summed E-state index contributed by atoms with van der Waals surface area (Å²) >= 11 is 0. The van der Waals surface area contributed by atoms with Gasteiger partial charge in [-0.3, -0.25) is 4.90 Å². The van der Waals surface area contributed by atoms with Crippen LogP contribution in [0.5, 0.6) is 0 Å². The third-order valence-corrected chi connectivity index (χ3v) is 3.93. The summed E-state index contributed by atoms with van der Waals surface area (Å²) in [6.07, 6.45) is 3.49. The zero-order chi connectivity index (χ0) is 12.4. The van der Waals surface area contributed by atoms with Crippen molar-refractivity contribution < 1.29 is 0 Å². The van der Waals surface area contributed by atoms with E-state index >= 15 is 0 Å². The number of rotatable bonds is 4. The van der Waals surface area contributed by atoms with Crippen molar-refractivity contribution in [1.29, 1.82) is 0 Å². The molecule has 3 nitrogen and oxygen atoms in total. The molecule has 1 saturated heterocycles. The van der Waals surface area contributed by atoms with Crippen LogP contribution >= 0.6 is 0 Å². The van der Waals surface area contributed by atoms with Gasteiger partial charge in [0.05, 0.1) is 0 Å². The molecule has 1 atom stereocenters. The van der Waals surface area contributed by atoms with Crippen molar-refractivity contribution in [2.24, 2.45) is 5.92 Å². The lowest BCUT2D eigenvalue weighted by molar-refractivity contribution is 0.316. The highest BCUT2D eigenvalue weighted by atomic mass is 15.1. The van der Waals surface area contributed by atoms with Gasteiger partial charge < -0.3 is 10.3 Å². The van der Waals surface area contributed by atoms with Gasteiger partial charge in [-0.2, -0.15) is 0 Å². The fourth-order valence-electron chi connectivity index (χ4n) is 3.02. The summed E-state index contributed by atoms with van der Waals surface area (Å²) in [5.41, 5.74) is 2.68. The molecular weight excluding hydrogens is 222 g/mol. The van der Waals surface area contributed by atoms with Crippen LogP contribution in [-0.4, -0.2) is 36.6 Å². The number of H-pyrrole nitrogens is 1. The average Bonchev–Trinajstić information content (AvgIpc) is 2.99. The number of aromatic nitrogens is 1. The SMILES string of the molecule is CNCC1CCN(Cc2c[nH]c3ccccc23)C1. The Labute approximate surface area is 108 Å². The van der Waals surface area contributed by atoms with Crippen LogP contribution in [0.3, 0.4) is 0 Å². The lowest BCUT2D eigenvalue weighted by atomic mass is 10.1. The number of fused-ring (bicyclic) bond motifs is 1. The van der Waals surface area contributed by atoms with E-state index in [0.717, 1.165) is 19.0 Å².